The minimum absolute atomic E-state index is 0.0375. The Morgan fingerprint density at radius 2 is 1.62 bits per heavy atom. The third kappa shape index (κ3) is 3.94. The molecule has 2 aromatic carbocycles. The Bertz CT molecular complexity index is 1140. The molecule has 1 aliphatic rings. The molecule has 1 aliphatic heterocycles. The van der Waals surface area contributed by atoms with Crippen molar-refractivity contribution in [3.05, 3.63) is 82.8 Å². The van der Waals surface area contributed by atoms with Crippen molar-refractivity contribution in [3.8, 4) is 6.07 Å². The number of rotatable bonds is 5. The van der Waals surface area contributed by atoms with E-state index in [9.17, 15) is 24.9 Å². The predicted octanol–water partition coefficient (Wildman–Crippen LogP) is 0.264. The summed E-state index contributed by atoms with van der Waals surface area (Å²) >= 11 is 0. The number of ether oxygens (including phenoxy) is 2. The fourth-order valence-corrected chi connectivity index (χ4v) is 3.58. The molecule has 0 radical (unpaired) electrons. The molecule has 32 heavy (non-hydrogen) atoms. The Morgan fingerprint density at radius 1 is 1.03 bits per heavy atom. The molecule has 162 valence electrons. The third-order valence-electron chi connectivity index (χ3n) is 5.06. The average Bonchev–Trinajstić information content (AvgIpc) is 2.82. The minimum atomic E-state index is -1.70. The highest BCUT2D eigenvalue weighted by Crippen LogP contribution is 2.42. The number of carbonyl (C=O) groups excluding carboxylic acids is 2. The van der Waals surface area contributed by atoms with Gasteiger partial charge in [0.05, 0.1) is 37.4 Å². The van der Waals surface area contributed by atoms with Crippen molar-refractivity contribution < 1.29 is 29.1 Å². The summed E-state index contributed by atoms with van der Waals surface area (Å²) in [5, 5.41) is 28.7. The molecule has 1 unspecified atom stereocenters. The van der Waals surface area contributed by atoms with Gasteiger partial charge in [0.25, 0.3) is 0 Å². The van der Waals surface area contributed by atoms with E-state index in [1.807, 2.05) is 0 Å². The highest BCUT2D eigenvalue weighted by molar-refractivity contribution is 6.58. The Kier molecular flexibility index (Phi) is 6.63. The lowest BCUT2D eigenvalue weighted by atomic mass is 9.79. The van der Waals surface area contributed by atoms with Crippen molar-refractivity contribution in [1.82, 2.24) is 0 Å². The van der Waals surface area contributed by atoms with Gasteiger partial charge in [-0.3, -0.25) is 4.90 Å². The molecule has 3 rings (SSSR count). The van der Waals surface area contributed by atoms with Crippen LogP contribution < -0.4 is 16.1 Å². The summed E-state index contributed by atoms with van der Waals surface area (Å²) in [4.78, 5) is 27.0. The number of anilines is 1. The average molecular weight is 433 g/mol. The van der Waals surface area contributed by atoms with Crippen LogP contribution in [0.1, 0.15) is 11.5 Å². The largest absolute Gasteiger partial charge is 0.488 e. The first-order valence-electron chi connectivity index (χ1n) is 9.47. The normalized spacial score (nSPS) is 15.8. The number of nitrogens with zero attached hydrogens (tertiary/aromatic N) is 2. The first-order chi connectivity index (χ1) is 15.3. The molecule has 0 saturated carbocycles. The zero-order valence-electron chi connectivity index (χ0n) is 17.4. The Balaban J connectivity index is 2.35. The quantitative estimate of drug-likeness (QED) is 0.447. The summed E-state index contributed by atoms with van der Waals surface area (Å²) in [6.45, 7) is 0. The van der Waals surface area contributed by atoms with E-state index >= 15 is 0 Å². The Labute approximate surface area is 184 Å². The first-order valence-corrected chi connectivity index (χ1v) is 9.47. The van der Waals surface area contributed by atoms with E-state index in [2.05, 4.69) is 6.07 Å². The Hall–Kier alpha value is -4.07. The van der Waals surface area contributed by atoms with E-state index in [0.717, 1.165) is 7.11 Å². The number of methoxy groups -OCH3 is 2. The van der Waals surface area contributed by atoms with Gasteiger partial charge >= 0.3 is 19.1 Å². The molecule has 1 heterocycles. The van der Waals surface area contributed by atoms with Crippen molar-refractivity contribution in [3.63, 3.8) is 0 Å². The fourth-order valence-electron chi connectivity index (χ4n) is 3.58. The number of hydrogen-bond donors (Lipinski definition) is 3. The second-order valence-corrected chi connectivity index (χ2v) is 6.80. The van der Waals surface area contributed by atoms with E-state index in [4.69, 9.17) is 15.2 Å². The molecule has 4 N–H and O–H groups in total. The number of nitrogens with two attached hydrogens (primary N) is 1. The fraction of sp³-hybridized carbons (Fsp3) is 0.136. The first kappa shape index (κ1) is 22.6. The molecule has 0 fully saturated rings. The summed E-state index contributed by atoms with van der Waals surface area (Å²) in [5.74, 6) is -2.73. The summed E-state index contributed by atoms with van der Waals surface area (Å²) in [7, 11) is 0.629. The van der Waals surface area contributed by atoms with Gasteiger partial charge in [-0.2, -0.15) is 5.26 Å². The van der Waals surface area contributed by atoms with Gasteiger partial charge < -0.3 is 25.3 Å². The maximum Gasteiger partial charge on any atom is 0.488 e. The standard InChI is InChI=1S/C22H20BN3O6/c1-31-21(27)18-17(13-6-4-3-5-7-13)16(12-24)20(25)26(19(18)22(28)32-2)15-10-8-14(9-11-15)23(29)30/h3-11,17,29-30H,25H2,1-2H3. The molecule has 0 spiro atoms. The SMILES string of the molecule is COC(=O)C1=C(C(=O)OC)N(c2ccc(B(O)O)cc2)C(N)=C(C#N)C1c1ccccc1. The maximum atomic E-state index is 12.9. The lowest BCUT2D eigenvalue weighted by Crippen LogP contribution is -2.41. The Morgan fingerprint density at radius 3 is 2.12 bits per heavy atom. The van der Waals surface area contributed by atoms with E-state index in [0.29, 0.717) is 11.3 Å². The molecule has 0 amide bonds. The number of benzene rings is 2. The zero-order chi connectivity index (χ0) is 23.4. The van der Waals surface area contributed by atoms with Crippen LogP contribution in [0.2, 0.25) is 0 Å². The summed E-state index contributed by atoms with van der Waals surface area (Å²) in [5.41, 5.74) is 7.15. The summed E-state index contributed by atoms with van der Waals surface area (Å²) in [6, 6.07) is 16.5. The lowest BCUT2D eigenvalue weighted by molar-refractivity contribution is -0.139. The number of esters is 2. The molecule has 0 aromatic heterocycles. The third-order valence-corrected chi connectivity index (χ3v) is 5.06. The van der Waals surface area contributed by atoms with Gasteiger partial charge in [-0.1, -0.05) is 42.5 Å². The van der Waals surface area contributed by atoms with Gasteiger partial charge in [0.2, 0.25) is 0 Å². The van der Waals surface area contributed by atoms with Crippen LogP contribution in [0, 0.1) is 11.3 Å². The van der Waals surface area contributed by atoms with Gasteiger partial charge in [0, 0.05) is 5.69 Å². The van der Waals surface area contributed by atoms with Crippen molar-refractivity contribution in [2.24, 2.45) is 5.73 Å². The molecular weight excluding hydrogens is 413 g/mol. The smallest absolute Gasteiger partial charge is 0.466 e. The number of carbonyl (C=O) groups is 2. The molecule has 1 atom stereocenters. The van der Waals surface area contributed by atoms with Crippen LogP contribution in [0.5, 0.6) is 0 Å². The van der Waals surface area contributed by atoms with E-state index < -0.39 is 25.0 Å². The second-order valence-electron chi connectivity index (χ2n) is 6.80. The molecule has 0 saturated heterocycles. The number of nitriles is 1. The molecule has 9 nitrogen and oxygen atoms in total. The van der Waals surface area contributed by atoms with Crippen LogP contribution in [0.3, 0.4) is 0 Å². The topological polar surface area (TPSA) is 146 Å². The van der Waals surface area contributed by atoms with Gasteiger partial charge in [-0.25, -0.2) is 9.59 Å². The van der Waals surface area contributed by atoms with E-state index in [1.54, 1.807) is 30.3 Å². The maximum absolute atomic E-state index is 12.9. The van der Waals surface area contributed by atoms with Gasteiger partial charge in [0.1, 0.15) is 11.5 Å². The van der Waals surface area contributed by atoms with Crippen molar-refractivity contribution >= 4 is 30.2 Å². The molecule has 0 aliphatic carbocycles. The molecule has 0 bridgehead atoms. The summed E-state index contributed by atoms with van der Waals surface area (Å²) in [6.07, 6.45) is 0. The van der Waals surface area contributed by atoms with E-state index in [-0.39, 0.29) is 28.1 Å². The van der Waals surface area contributed by atoms with Crippen LogP contribution in [-0.2, 0) is 19.1 Å². The molecular formula is C22H20BN3O6. The summed E-state index contributed by atoms with van der Waals surface area (Å²) < 4.78 is 9.90. The highest BCUT2D eigenvalue weighted by atomic mass is 16.5. The van der Waals surface area contributed by atoms with Crippen molar-refractivity contribution in [2.75, 3.05) is 19.1 Å². The minimum Gasteiger partial charge on any atom is -0.466 e. The molecule has 2 aromatic rings. The van der Waals surface area contributed by atoms with Crippen LogP contribution >= 0.6 is 0 Å². The van der Waals surface area contributed by atoms with Crippen LogP contribution in [0.4, 0.5) is 5.69 Å². The predicted molar refractivity (Wildman–Crippen MR) is 116 cm³/mol. The van der Waals surface area contributed by atoms with Crippen LogP contribution in [0.15, 0.2) is 77.3 Å². The van der Waals surface area contributed by atoms with Crippen LogP contribution in [0.25, 0.3) is 0 Å². The van der Waals surface area contributed by atoms with Crippen molar-refractivity contribution in [1.29, 1.82) is 5.26 Å². The number of hydrogen-bond acceptors (Lipinski definition) is 9. The lowest BCUT2D eigenvalue weighted by Gasteiger charge is -2.35. The molecule has 10 heteroatoms. The monoisotopic (exact) mass is 433 g/mol. The van der Waals surface area contributed by atoms with E-state index in [1.165, 1.54) is 36.3 Å². The highest BCUT2D eigenvalue weighted by Gasteiger charge is 2.42. The zero-order valence-corrected chi connectivity index (χ0v) is 17.4. The van der Waals surface area contributed by atoms with Gasteiger partial charge in [-0.05, 0) is 23.2 Å². The second kappa shape index (κ2) is 9.39. The number of allylic oxidation sites excluding steroid dienone is 1. The van der Waals surface area contributed by atoms with Gasteiger partial charge in [0.15, 0.2) is 0 Å². The van der Waals surface area contributed by atoms with Gasteiger partial charge in [-0.15, -0.1) is 0 Å². The van der Waals surface area contributed by atoms with Crippen molar-refractivity contribution in [2.45, 2.75) is 5.92 Å². The van der Waals surface area contributed by atoms with Crippen LogP contribution in [-0.4, -0.2) is 43.3 Å².